The molecule has 0 fully saturated rings. The van der Waals surface area contributed by atoms with Gasteiger partial charge in [-0.2, -0.15) is 0 Å². The van der Waals surface area contributed by atoms with Gasteiger partial charge in [0.1, 0.15) is 0 Å². The molecular formula is C18H11NOS2. The van der Waals surface area contributed by atoms with E-state index in [-0.39, 0.29) is 0 Å². The van der Waals surface area contributed by atoms with Gasteiger partial charge in [-0.3, -0.25) is 4.98 Å². The van der Waals surface area contributed by atoms with Gasteiger partial charge in [-0.15, -0.1) is 11.3 Å². The third-order valence-electron chi connectivity index (χ3n) is 2.79. The van der Waals surface area contributed by atoms with E-state index in [2.05, 4.69) is 16.8 Å². The van der Waals surface area contributed by atoms with E-state index in [9.17, 15) is 0 Å². The Bertz CT molecular complexity index is 830. The van der Waals surface area contributed by atoms with E-state index in [0.717, 1.165) is 21.8 Å². The number of thiocarbonyl (C=S) groups is 1. The minimum atomic E-state index is 0.401. The molecule has 3 rings (SSSR count). The molecule has 0 saturated carbocycles. The predicted molar refractivity (Wildman–Crippen MR) is 93.3 cm³/mol. The minimum absolute atomic E-state index is 0.401. The molecule has 22 heavy (non-hydrogen) atoms. The molecule has 3 aromatic rings. The summed E-state index contributed by atoms with van der Waals surface area (Å²) >= 11 is 6.80. The average Bonchev–Trinajstić information content (AvgIpc) is 3.07. The minimum Gasteiger partial charge on any atom is -0.435 e. The summed E-state index contributed by atoms with van der Waals surface area (Å²) in [6.45, 7) is 0. The molecule has 0 saturated heterocycles. The fourth-order valence-electron chi connectivity index (χ4n) is 1.76. The van der Waals surface area contributed by atoms with Crippen LogP contribution < -0.4 is 4.74 Å². The largest absolute Gasteiger partial charge is 0.435 e. The Balaban J connectivity index is 1.78. The van der Waals surface area contributed by atoms with Crippen molar-refractivity contribution in [2.45, 2.75) is 0 Å². The topological polar surface area (TPSA) is 22.1 Å². The highest BCUT2D eigenvalue weighted by molar-refractivity contribution is 7.80. The Morgan fingerprint density at radius 3 is 2.59 bits per heavy atom. The van der Waals surface area contributed by atoms with Crippen molar-refractivity contribution >= 4 is 28.6 Å². The number of aromatic nitrogens is 1. The van der Waals surface area contributed by atoms with Crippen LogP contribution in [0.3, 0.4) is 0 Å². The number of benzene rings is 1. The van der Waals surface area contributed by atoms with Crippen LogP contribution in [0.2, 0.25) is 0 Å². The molecule has 0 amide bonds. The quantitative estimate of drug-likeness (QED) is 0.519. The molecule has 0 aliphatic carbocycles. The lowest BCUT2D eigenvalue weighted by molar-refractivity contribution is 0.583. The smallest absolute Gasteiger partial charge is 0.200 e. The van der Waals surface area contributed by atoms with Crippen molar-refractivity contribution in [1.82, 2.24) is 4.98 Å². The summed E-state index contributed by atoms with van der Waals surface area (Å²) in [6.07, 6.45) is 3.40. The molecule has 2 heterocycles. The molecule has 0 atom stereocenters. The van der Waals surface area contributed by atoms with Crippen LogP contribution in [0, 0.1) is 11.8 Å². The Kier molecular flexibility index (Phi) is 4.59. The molecular weight excluding hydrogens is 310 g/mol. The Hall–Kier alpha value is -2.48. The molecule has 106 valence electrons. The van der Waals surface area contributed by atoms with Gasteiger partial charge in [0.2, 0.25) is 5.05 Å². The number of ether oxygens (including phenoxy) is 1. The number of hydrogen-bond acceptors (Lipinski definition) is 4. The van der Waals surface area contributed by atoms with E-state index in [1.54, 1.807) is 12.4 Å². The van der Waals surface area contributed by atoms with Gasteiger partial charge in [-0.25, -0.2) is 0 Å². The lowest BCUT2D eigenvalue weighted by Gasteiger charge is -2.04. The lowest BCUT2D eigenvalue weighted by atomic mass is 10.2. The maximum atomic E-state index is 5.62. The molecule has 0 N–H and O–H groups in total. The monoisotopic (exact) mass is 321 g/mol. The molecule has 4 heteroatoms. The normalized spacial score (nSPS) is 9.64. The van der Waals surface area contributed by atoms with Gasteiger partial charge in [0.15, 0.2) is 5.06 Å². The standard InChI is InChI=1S/C18H11NOS2/c21-18(20-17-7-4-10-22-17)16-11-15(12-19-13-16)9-8-14-5-2-1-3-6-14/h1-7,10-13H. The van der Waals surface area contributed by atoms with Crippen molar-refractivity contribution in [3.05, 3.63) is 83.0 Å². The highest BCUT2D eigenvalue weighted by atomic mass is 32.1. The molecule has 0 radical (unpaired) electrons. The summed E-state index contributed by atoms with van der Waals surface area (Å²) < 4.78 is 5.62. The second kappa shape index (κ2) is 6.99. The Labute approximate surface area is 138 Å². The second-order valence-corrected chi connectivity index (χ2v) is 5.68. The van der Waals surface area contributed by atoms with E-state index in [1.807, 2.05) is 53.9 Å². The SMILES string of the molecule is S=C(Oc1cccs1)c1cncc(C#Cc2ccccc2)c1. The molecule has 0 bridgehead atoms. The number of thiophene rings is 1. The van der Waals surface area contributed by atoms with Crippen LogP contribution in [-0.2, 0) is 0 Å². The van der Waals surface area contributed by atoms with E-state index >= 15 is 0 Å². The molecule has 0 unspecified atom stereocenters. The number of hydrogen-bond donors (Lipinski definition) is 0. The van der Waals surface area contributed by atoms with Gasteiger partial charge < -0.3 is 4.74 Å². The summed E-state index contributed by atoms with van der Waals surface area (Å²) in [5.41, 5.74) is 2.52. The van der Waals surface area contributed by atoms with Crippen LogP contribution in [0.25, 0.3) is 0 Å². The fraction of sp³-hybridized carbons (Fsp3) is 0. The molecule has 0 aliphatic heterocycles. The van der Waals surface area contributed by atoms with Crippen LogP contribution in [0.15, 0.2) is 66.3 Å². The van der Waals surface area contributed by atoms with Gasteiger partial charge in [0.25, 0.3) is 0 Å². The average molecular weight is 321 g/mol. The zero-order valence-electron chi connectivity index (χ0n) is 11.5. The van der Waals surface area contributed by atoms with Crippen molar-refractivity contribution in [2.75, 3.05) is 0 Å². The van der Waals surface area contributed by atoms with Crippen molar-refractivity contribution in [3.63, 3.8) is 0 Å². The van der Waals surface area contributed by atoms with Gasteiger partial charge in [0, 0.05) is 29.1 Å². The number of pyridine rings is 1. The summed E-state index contributed by atoms with van der Waals surface area (Å²) in [6, 6.07) is 15.5. The van der Waals surface area contributed by atoms with Crippen LogP contribution in [0.1, 0.15) is 16.7 Å². The lowest BCUT2D eigenvalue weighted by Crippen LogP contribution is -2.06. The second-order valence-electron chi connectivity index (χ2n) is 4.40. The van der Waals surface area contributed by atoms with Crippen LogP contribution in [0.5, 0.6) is 5.06 Å². The third kappa shape index (κ3) is 3.79. The fourth-order valence-corrected chi connectivity index (χ4v) is 2.59. The maximum absolute atomic E-state index is 5.62. The maximum Gasteiger partial charge on any atom is 0.200 e. The first-order valence-electron chi connectivity index (χ1n) is 6.59. The van der Waals surface area contributed by atoms with Crippen molar-refractivity contribution < 1.29 is 4.74 Å². The van der Waals surface area contributed by atoms with Crippen LogP contribution in [-0.4, -0.2) is 10.0 Å². The summed E-state index contributed by atoms with van der Waals surface area (Å²) in [5.74, 6) is 6.19. The van der Waals surface area contributed by atoms with Crippen molar-refractivity contribution in [2.24, 2.45) is 0 Å². The highest BCUT2D eigenvalue weighted by Gasteiger charge is 2.05. The Morgan fingerprint density at radius 1 is 1.00 bits per heavy atom. The first kappa shape index (κ1) is 14.5. The summed E-state index contributed by atoms with van der Waals surface area (Å²) in [5, 5.41) is 3.11. The molecule has 2 aromatic heterocycles. The van der Waals surface area contributed by atoms with E-state index < -0.39 is 0 Å². The first-order valence-corrected chi connectivity index (χ1v) is 7.88. The Morgan fingerprint density at radius 2 is 1.82 bits per heavy atom. The van der Waals surface area contributed by atoms with Gasteiger partial charge in [0.05, 0.1) is 0 Å². The highest BCUT2D eigenvalue weighted by Crippen LogP contribution is 2.20. The first-order chi connectivity index (χ1) is 10.8. The van der Waals surface area contributed by atoms with Crippen molar-refractivity contribution in [3.8, 4) is 16.9 Å². The van der Waals surface area contributed by atoms with E-state index in [0.29, 0.717) is 5.05 Å². The summed E-state index contributed by atoms with van der Waals surface area (Å²) in [7, 11) is 0. The molecule has 1 aromatic carbocycles. The third-order valence-corrected chi connectivity index (χ3v) is 3.85. The van der Waals surface area contributed by atoms with Gasteiger partial charge >= 0.3 is 0 Å². The summed E-state index contributed by atoms with van der Waals surface area (Å²) in [4.78, 5) is 4.18. The van der Waals surface area contributed by atoms with Crippen LogP contribution >= 0.6 is 23.6 Å². The van der Waals surface area contributed by atoms with Crippen molar-refractivity contribution in [1.29, 1.82) is 0 Å². The number of nitrogens with zero attached hydrogens (tertiary/aromatic N) is 1. The zero-order chi connectivity index (χ0) is 15.2. The van der Waals surface area contributed by atoms with E-state index in [1.165, 1.54) is 11.3 Å². The molecule has 0 spiro atoms. The molecule has 0 aliphatic rings. The zero-order valence-corrected chi connectivity index (χ0v) is 13.2. The van der Waals surface area contributed by atoms with Gasteiger partial charge in [-0.1, -0.05) is 30.0 Å². The number of rotatable bonds is 2. The van der Waals surface area contributed by atoms with Gasteiger partial charge in [-0.05, 0) is 47.9 Å². The van der Waals surface area contributed by atoms with Crippen LogP contribution in [0.4, 0.5) is 0 Å². The van der Waals surface area contributed by atoms with E-state index in [4.69, 9.17) is 17.0 Å². The molecule has 2 nitrogen and oxygen atoms in total. The predicted octanol–water partition coefficient (Wildman–Crippen LogP) is 4.30.